The van der Waals surface area contributed by atoms with E-state index >= 15 is 0 Å². The number of Topliss-reactive ketones (excluding diaryl/α,β-unsaturated/α-hetero) is 1. The van der Waals surface area contributed by atoms with Crippen LogP contribution in [0.25, 0.3) is 0 Å². The van der Waals surface area contributed by atoms with Gasteiger partial charge in [-0.15, -0.1) is 0 Å². The van der Waals surface area contributed by atoms with Crippen molar-refractivity contribution in [3.63, 3.8) is 0 Å². The Morgan fingerprint density at radius 2 is 2.11 bits per heavy atom. The van der Waals surface area contributed by atoms with Gasteiger partial charge in [0.2, 0.25) is 5.78 Å². The molecule has 0 amide bonds. The van der Waals surface area contributed by atoms with Crippen LogP contribution in [-0.4, -0.2) is 43.2 Å². The number of thioether (sulfide) groups is 1. The first kappa shape index (κ1) is 13.4. The fourth-order valence-electron chi connectivity index (χ4n) is 4.17. The van der Waals surface area contributed by atoms with Crippen molar-refractivity contribution in [3.8, 4) is 0 Å². The summed E-state index contributed by atoms with van der Waals surface area (Å²) in [5.41, 5.74) is -1.55. The lowest BCUT2D eigenvalue weighted by Gasteiger charge is -2.56. The molecule has 104 valence electrons. The van der Waals surface area contributed by atoms with Crippen LogP contribution in [0.4, 0.5) is 0 Å². The largest absolute Gasteiger partial charge is 0.369 e. The summed E-state index contributed by atoms with van der Waals surface area (Å²) in [4.78, 5) is 13.1. The molecule has 0 aromatic rings. The van der Waals surface area contributed by atoms with Gasteiger partial charge in [0, 0.05) is 31.8 Å². The molecule has 4 heteroatoms. The number of allylic oxidation sites excluding steroid dienone is 1. The van der Waals surface area contributed by atoms with E-state index in [9.17, 15) is 4.79 Å². The van der Waals surface area contributed by atoms with Gasteiger partial charge in [0.15, 0.2) is 5.60 Å². The van der Waals surface area contributed by atoms with Crippen LogP contribution in [0.15, 0.2) is 24.3 Å². The second kappa shape index (κ2) is 4.47. The predicted octanol–water partition coefficient (Wildman–Crippen LogP) is 2.08. The quantitative estimate of drug-likeness (QED) is 0.739. The third kappa shape index (κ3) is 1.45. The Labute approximate surface area is 118 Å². The minimum Gasteiger partial charge on any atom is -0.369 e. The van der Waals surface area contributed by atoms with Gasteiger partial charge in [-0.25, -0.2) is 0 Å². The SMILES string of the molecule is CO[C@]12C=C[C@H]([C@@H]3CC=C[C@@H]31)[C@](CSC)(OC)C2=O. The Bertz CT molecular complexity index is 458. The number of rotatable bonds is 4. The molecule has 5 atom stereocenters. The van der Waals surface area contributed by atoms with Gasteiger partial charge in [0.05, 0.1) is 0 Å². The number of ketones is 1. The van der Waals surface area contributed by atoms with Crippen LogP contribution in [0.2, 0.25) is 0 Å². The molecular formula is C15H20O3S. The van der Waals surface area contributed by atoms with E-state index < -0.39 is 11.2 Å². The number of carbonyl (C=O) groups excluding carboxylic acids is 1. The van der Waals surface area contributed by atoms with Gasteiger partial charge in [-0.2, -0.15) is 11.8 Å². The van der Waals surface area contributed by atoms with E-state index in [-0.39, 0.29) is 17.6 Å². The van der Waals surface area contributed by atoms with Crippen molar-refractivity contribution in [1.29, 1.82) is 0 Å². The topological polar surface area (TPSA) is 35.5 Å². The number of ether oxygens (including phenoxy) is 2. The summed E-state index contributed by atoms with van der Waals surface area (Å²) in [6, 6.07) is 0. The molecule has 1 fully saturated rings. The molecular weight excluding hydrogens is 260 g/mol. The highest BCUT2D eigenvalue weighted by atomic mass is 32.2. The molecule has 0 aliphatic heterocycles. The van der Waals surface area contributed by atoms with E-state index in [1.54, 1.807) is 26.0 Å². The van der Waals surface area contributed by atoms with Crippen molar-refractivity contribution in [1.82, 2.24) is 0 Å². The maximum absolute atomic E-state index is 13.1. The molecule has 4 aliphatic rings. The third-order valence-corrected chi connectivity index (χ3v) is 5.78. The first-order valence-corrected chi connectivity index (χ1v) is 8.06. The maximum atomic E-state index is 13.1. The van der Waals surface area contributed by atoms with E-state index in [1.807, 2.05) is 12.3 Å². The first-order chi connectivity index (χ1) is 9.16. The Hall–Kier alpha value is -0.580. The van der Waals surface area contributed by atoms with Crippen LogP contribution < -0.4 is 0 Å². The Morgan fingerprint density at radius 1 is 1.32 bits per heavy atom. The molecule has 0 spiro atoms. The molecule has 0 N–H and O–H groups in total. The monoisotopic (exact) mass is 280 g/mol. The summed E-state index contributed by atoms with van der Waals surface area (Å²) in [5.74, 6) is 1.54. The van der Waals surface area contributed by atoms with E-state index in [2.05, 4.69) is 18.2 Å². The summed E-state index contributed by atoms with van der Waals surface area (Å²) in [6.45, 7) is 0. The van der Waals surface area contributed by atoms with Gasteiger partial charge < -0.3 is 9.47 Å². The fraction of sp³-hybridized carbons (Fsp3) is 0.667. The van der Waals surface area contributed by atoms with Crippen LogP contribution in [0.1, 0.15) is 6.42 Å². The third-order valence-electron chi connectivity index (χ3n) is 5.06. The van der Waals surface area contributed by atoms with Crippen LogP contribution in [0.3, 0.4) is 0 Å². The molecule has 4 rings (SSSR count). The van der Waals surface area contributed by atoms with Crippen LogP contribution in [-0.2, 0) is 14.3 Å². The summed E-state index contributed by atoms with van der Waals surface area (Å²) in [7, 11) is 3.29. The molecule has 0 radical (unpaired) electrons. The van der Waals surface area contributed by atoms with Crippen molar-refractivity contribution in [2.75, 3.05) is 26.2 Å². The zero-order valence-corrected chi connectivity index (χ0v) is 12.4. The summed E-state index contributed by atoms with van der Waals surface area (Å²) in [6.07, 6.45) is 11.5. The number of carbonyl (C=O) groups is 1. The minimum atomic E-state index is -0.821. The normalized spacial score (nSPS) is 46.9. The van der Waals surface area contributed by atoms with Crippen molar-refractivity contribution < 1.29 is 14.3 Å². The number of fused-ring (bicyclic) bond motifs is 1. The lowest BCUT2D eigenvalue weighted by Crippen LogP contribution is -2.70. The van der Waals surface area contributed by atoms with Gasteiger partial charge in [-0.3, -0.25) is 4.79 Å². The molecule has 19 heavy (non-hydrogen) atoms. The average molecular weight is 280 g/mol. The van der Waals surface area contributed by atoms with Crippen molar-refractivity contribution >= 4 is 17.5 Å². The highest BCUT2D eigenvalue weighted by Gasteiger charge is 2.67. The van der Waals surface area contributed by atoms with Crippen LogP contribution in [0, 0.1) is 17.8 Å². The highest BCUT2D eigenvalue weighted by molar-refractivity contribution is 7.98. The zero-order valence-electron chi connectivity index (χ0n) is 11.6. The van der Waals surface area contributed by atoms with Crippen LogP contribution >= 0.6 is 11.8 Å². The van der Waals surface area contributed by atoms with E-state index in [0.29, 0.717) is 11.7 Å². The predicted molar refractivity (Wildman–Crippen MR) is 76.2 cm³/mol. The molecule has 3 nitrogen and oxygen atoms in total. The number of hydrogen-bond acceptors (Lipinski definition) is 4. The Morgan fingerprint density at radius 3 is 2.74 bits per heavy atom. The summed E-state index contributed by atoms with van der Waals surface area (Å²) in [5, 5.41) is 0. The second-order valence-electron chi connectivity index (χ2n) is 5.59. The minimum absolute atomic E-state index is 0.0969. The molecule has 1 saturated carbocycles. The summed E-state index contributed by atoms with van der Waals surface area (Å²) < 4.78 is 11.5. The van der Waals surface area contributed by atoms with E-state index in [0.717, 1.165) is 6.42 Å². The van der Waals surface area contributed by atoms with Gasteiger partial charge in [-0.1, -0.05) is 18.2 Å². The van der Waals surface area contributed by atoms with Gasteiger partial charge in [0.25, 0.3) is 0 Å². The lowest BCUT2D eigenvalue weighted by molar-refractivity contribution is -0.186. The van der Waals surface area contributed by atoms with Gasteiger partial charge in [-0.05, 0) is 24.7 Å². The molecule has 0 aromatic heterocycles. The van der Waals surface area contributed by atoms with Crippen molar-refractivity contribution in [2.45, 2.75) is 17.6 Å². The number of methoxy groups -OCH3 is 2. The second-order valence-corrected chi connectivity index (χ2v) is 6.46. The standard InChI is InChI=1S/C15H20O3S/c1-17-14-8-7-12(10-5-4-6-11(10)14)15(18-2,9-19-3)13(14)16/h4,6-8,10-12H,5,9H2,1-3H3/t10-,11+,12-,14-,15+/m1/s1. The van der Waals surface area contributed by atoms with E-state index in [4.69, 9.17) is 9.47 Å². The van der Waals surface area contributed by atoms with Gasteiger partial charge >= 0.3 is 0 Å². The summed E-state index contributed by atoms with van der Waals surface area (Å²) >= 11 is 1.66. The average Bonchev–Trinajstić information content (AvgIpc) is 2.93. The maximum Gasteiger partial charge on any atom is 0.202 e. The Kier molecular flexibility index (Phi) is 3.15. The van der Waals surface area contributed by atoms with E-state index in [1.165, 1.54) is 0 Å². The molecule has 0 saturated heterocycles. The first-order valence-electron chi connectivity index (χ1n) is 6.66. The Balaban J connectivity index is 2.14. The fourth-order valence-corrected chi connectivity index (χ4v) is 5.04. The smallest absolute Gasteiger partial charge is 0.202 e. The molecule has 4 aliphatic carbocycles. The van der Waals surface area contributed by atoms with Crippen molar-refractivity contribution in [3.05, 3.63) is 24.3 Å². The highest BCUT2D eigenvalue weighted by Crippen LogP contribution is 2.56. The van der Waals surface area contributed by atoms with Gasteiger partial charge in [0.1, 0.15) is 5.60 Å². The zero-order chi connectivity index (χ0) is 13.7. The molecule has 2 bridgehead atoms. The van der Waals surface area contributed by atoms with Crippen LogP contribution in [0.5, 0.6) is 0 Å². The van der Waals surface area contributed by atoms with Crippen molar-refractivity contribution in [2.24, 2.45) is 17.8 Å². The molecule has 0 unspecified atom stereocenters. The molecule has 0 aromatic carbocycles. The molecule has 0 heterocycles. The lowest BCUT2D eigenvalue weighted by atomic mass is 9.54. The number of hydrogen-bond donors (Lipinski definition) is 0.